The molecule has 1 aliphatic heterocycles. The van der Waals surface area contributed by atoms with Gasteiger partial charge >= 0.3 is 0 Å². The molecule has 0 saturated heterocycles. The van der Waals surface area contributed by atoms with Crippen LogP contribution in [0.5, 0.6) is 23.0 Å². The number of fused-ring (bicyclic) bond motifs is 4. The zero-order valence-corrected chi connectivity index (χ0v) is 23.0. The molecule has 2 saturated carbocycles. The van der Waals surface area contributed by atoms with Crippen molar-refractivity contribution in [2.75, 3.05) is 20.8 Å². The lowest BCUT2D eigenvalue weighted by Gasteiger charge is -2.58. The molecule has 204 valence electrons. The van der Waals surface area contributed by atoms with Crippen LogP contribution in [-0.4, -0.2) is 26.6 Å². The van der Waals surface area contributed by atoms with Crippen molar-refractivity contribution in [1.82, 2.24) is 0 Å². The predicted octanol–water partition coefficient (Wildman–Crippen LogP) is 7.65. The molecular weight excluding hydrogens is 488 g/mol. The van der Waals surface area contributed by atoms with E-state index in [1.54, 1.807) is 14.2 Å². The highest BCUT2D eigenvalue weighted by molar-refractivity contribution is 5.97. The van der Waals surface area contributed by atoms with Crippen LogP contribution >= 0.6 is 0 Å². The van der Waals surface area contributed by atoms with Gasteiger partial charge in [0.15, 0.2) is 12.4 Å². The number of hydrogen-bond donors (Lipinski definition) is 0. The van der Waals surface area contributed by atoms with Crippen LogP contribution in [0, 0.1) is 5.92 Å². The molecule has 0 bridgehead atoms. The second kappa shape index (κ2) is 10.6. The fourth-order valence-corrected chi connectivity index (χ4v) is 7.62. The van der Waals surface area contributed by atoms with Gasteiger partial charge in [-0.1, -0.05) is 62.1 Å². The molecule has 39 heavy (non-hydrogen) atoms. The van der Waals surface area contributed by atoms with Crippen molar-refractivity contribution in [2.24, 2.45) is 5.92 Å². The molecule has 6 rings (SSSR count). The zero-order chi connectivity index (χ0) is 26.9. The highest BCUT2D eigenvalue weighted by Crippen LogP contribution is 2.64. The summed E-state index contributed by atoms with van der Waals surface area (Å²) < 4.78 is 24.8. The number of Topliss-reactive ketones (excluding diaryl/α,β-unsaturated/α-hetero) is 1. The maximum absolute atomic E-state index is 13.0. The molecule has 2 atom stereocenters. The van der Waals surface area contributed by atoms with Gasteiger partial charge in [-0.15, -0.1) is 0 Å². The third-order valence-corrected chi connectivity index (χ3v) is 9.38. The number of ketones is 1. The van der Waals surface area contributed by atoms with Gasteiger partial charge in [-0.05, 0) is 50.3 Å². The largest absolute Gasteiger partial charge is 0.497 e. The minimum atomic E-state index is -0.549. The maximum Gasteiger partial charge on any atom is 0.200 e. The zero-order valence-electron chi connectivity index (χ0n) is 23.0. The summed E-state index contributed by atoms with van der Waals surface area (Å²) in [5, 5.41) is 0. The Balaban J connectivity index is 1.46. The SMILES string of the molecule is COc1ccc2c(c1)O[C@@]1(c3ccc(OC)cc3OCC(=O)c3ccccc3)CCCC[C@@H]1C21CCCCC1. The number of carbonyl (C=O) groups is 1. The summed E-state index contributed by atoms with van der Waals surface area (Å²) in [5.41, 5.74) is 2.50. The molecule has 0 radical (unpaired) electrons. The van der Waals surface area contributed by atoms with E-state index in [-0.39, 0.29) is 17.8 Å². The fourth-order valence-electron chi connectivity index (χ4n) is 7.62. The van der Waals surface area contributed by atoms with Gasteiger partial charge < -0.3 is 18.9 Å². The summed E-state index contributed by atoms with van der Waals surface area (Å²) in [6, 6.07) is 21.8. The number of hydrogen-bond acceptors (Lipinski definition) is 5. The Kier molecular flexibility index (Phi) is 7.01. The first-order valence-corrected chi connectivity index (χ1v) is 14.4. The number of ether oxygens (including phenoxy) is 4. The molecule has 3 aromatic carbocycles. The number of benzene rings is 3. The summed E-state index contributed by atoms with van der Waals surface area (Å²) in [7, 11) is 3.37. The molecule has 2 aliphatic carbocycles. The van der Waals surface area contributed by atoms with Gasteiger partial charge in [-0.3, -0.25) is 4.79 Å². The lowest BCUT2D eigenvalue weighted by molar-refractivity contribution is -0.0961. The van der Waals surface area contributed by atoms with Crippen molar-refractivity contribution in [2.45, 2.75) is 68.8 Å². The van der Waals surface area contributed by atoms with E-state index < -0.39 is 5.60 Å². The topological polar surface area (TPSA) is 54.0 Å². The van der Waals surface area contributed by atoms with E-state index in [0.29, 0.717) is 23.0 Å². The summed E-state index contributed by atoms with van der Waals surface area (Å²) in [6.45, 7) is -0.0412. The minimum absolute atomic E-state index is 0.0412. The van der Waals surface area contributed by atoms with Crippen LogP contribution in [0.25, 0.3) is 0 Å². The van der Waals surface area contributed by atoms with Crippen LogP contribution in [0.1, 0.15) is 79.3 Å². The van der Waals surface area contributed by atoms with Crippen LogP contribution in [0.4, 0.5) is 0 Å². The normalized spacial score (nSPS) is 23.2. The summed E-state index contributed by atoms with van der Waals surface area (Å²) in [4.78, 5) is 13.0. The van der Waals surface area contributed by atoms with E-state index >= 15 is 0 Å². The molecule has 0 amide bonds. The third-order valence-electron chi connectivity index (χ3n) is 9.38. The van der Waals surface area contributed by atoms with Crippen LogP contribution in [0.3, 0.4) is 0 Å². The van der Waals surface area contributed by atoms with E-state index in [0.717, 1.165) is 36.3 Å². The molecule has 3 aromatic rings. The average Bonchev–Trinajstić information content (AvgIpc) is 3.00. The Morgan fingerprint density at radius 1 is 0.821 bits per heavy atom. The lowest BCUT2D eigenvalue weighted by atomic mass is 9.51. The molecule has 0 unspecified atom stereocenters. The molecule has 1 spiro atoms. The van der Waals surface area contributed by atoms with E-state index in [2.05, 4.69) is 24.3 Å². The predicted molar refractivity (Wildman–Crippen MR) is 151 cm³/mol. The van der Waals surface area contributed by atoms with Gasteiger partial charge in [-0.25, -0.2) is 0 Å². The van der Waals surface area contributed by atoms with E-state index in [4.69, 9.17) is 18.9 Å². The van der Waals surface area contributed by atoms with Crippen LogP contribution < -0.4 is 18.9 Å². The molecule has 5 nitrogen and oxygen atoms in total. The third kappa shape index (κ3) is 4.46. The Bertz CT molecular complexity index is 1330. The molecule has 0 aromatic heterocycles. The van der Waals surface area contributed by atoms with Crippen LogP contribution in [-0.2, 0) is 11.0 Å². The minimum Gasteiger partial charge on any atom is -0.497 e. The van der Waals surface area contributed by atoms with Crippen molar-refractivity contribution in [3.05, 3.63) is 83.4 Å². The van der Waals surface area contributed by atoms with Crippen molar-refractivity contribution in [3.63, 3.8) is 0 Å². The number of rotatable bonds is 7. The molecule has 2 fully saturated rings. The Morgan fingerprint density at radius 3 is 2.26 bits per heavy atom. The quantitative estimate of drug-likeness (QED) is 0.296. The lowest BCUT2D eigenvalue weighted by Crippen LogP contribution is -2.57. The van der Waals surface area contributed by atoms with Gasteiger partial charge in [0.25, 0.3) is 0 Å². The molecule has 1 heterocycles. The van der Waals surface area contributed by atoms with Crippen LogP contribution in [0.2, 0.25) is 0 Å². The van der Waals surface area contributed by atoms with Crippen LogP contribution in [0.15, 0.2) is 66.7 Å². The molecule has 0 N–H and O–H groups in total. The van der Waals surface area contributed by atoms with Crippen molar-refractivity contribution in [1.29, 1.82) is 0 Å². The van der Waals surface area contributed by atoms with Crippen molar-refractivity contribution >= 4 is 5.78 Å². The van der Waals surface area contributed by atoms with E-state index in [1.807, 2.05) is 42.5 Å². The van der Waals surface area contributed by atoms with E-state index in [9.17, 15) is 4.79 Å². The Morgan fingerprint density at radius 2 is 1.51 bits per heavy atom. The summed E-state index contributed by atoms with van der Waals surface area (Å²) >= 11 is 0. The average molecular weight is 527 g/mol. The summed E-state index contributed by atoms with van der Waals surface area (Å²) in [6.07, 6.45) is 10.4. The number of methoxy groups -OCH3 is 2. The maximum atomic E-state index is 13.0. The fraction of sp³-hybridized carbons (Fsp3) is 0.441. The Labute approximate surface area is 231 Å². The number of carbonyl (C=O) groups excluding carboxylic acids is 1. The highest BCUT2D eigenvalue weighted by Gasteiger charge is 2.59. The van der Waals surface area contributed by atoms with Gasteiger partial charge in [0.1, 0.15) is 28.6 Å². The van der Waals surface area contributed by atoms with Crippen molar-refractivity contribution < 1.29 is 23.7 Å². The standard InChI is InChI=1S/C34H38O5/c1-36-25-15-17-28(30(21-25)38-23-29(35)24-11-5-3-6-12-24)34-20-10-7-13-32(34)33(18-8-4-9-19-33)27-16-14-26(37-2)22-31(27)39-34/h3,5-6,11-12,14-17,21-22,32H,4,7-10,13,18-20,23H2,1-2H3/t32-,34-/m1/s1. The first kappa shape index (κ1) is 25.8. The van der Waals surface area contributed by atoms with E-state index in [1.165, 1.54) is 44.1 Å². The molecule has 3 aliphatic rings. The van der Waals surface area contributed by atoms with Gasteiger partial charge in [0.05, 0.1) is 14.2 Å². The first-order valence-electron chi connectivity index (χ1n) is 14.4. The second-order valence-corrected chi connectivity index (χ2v) is 11.3. The Hall–Kier alpha value is -3.47. The monoisotopic (exact) mass is 526 g/mol. The first-order chi connectivity index (χ1) is 19.1. The smallest absolute Gasteiger partial charge is 0.200 e. The van der Waals surface area contributed by atoms with Gasteiger partial charge in [0, 0.05) is 40.2 Å². The van der Waals surface area contributed by atoms with Crippen molar-refractivity contribution in [3.8, 4) is 23.0 Å². The highest BCUT2D eigenvalue weighted by atomic mass is 16.5. The molecular formula is C34H38O5. The summed E-state index contributed by atoms with van der Waals surface area (Å²) in [5.74, 6) is 3.38. The van der Waals surface area contributed by atoms with Gasteiger partial charge in [-0.2, -0.15) is 0 Å². The second-order valence-electron chi connectivity index (χ2n) is 11.3. The molecule has 5 heteroatoms. The van der Waals surface area contributed by atoms with Gasteiger partial charge in [0.2, 0.25) is 0 Å².